The predicted molar refractivity (Wildman–Crippen MR) is 136 cm³/mol. The number of fused-ring (bicyclic) bond motifs is 1. The first kappa shape index (κ1) is 27.9. The number of hydrogen-bond donors (Lipinski definition) is 2. The molecule has 34 heavy (non-hydrogen) atoms. The van der Waals surface area contributed by atoms with Crippen molar-refractivity contribution < 1.29 is 19.1 Å². The lowest BCUT2D eigenvalue weighted by Crippen LogP contribution is -2.54. The Labute approximate surface area is 209 Å². The third-order valence-corrected chi connectivity index (χ3v) is 6.39. The molecule has 2 aliphatic heterocycles. The molecule has 2 N–H and O–H groups in total. The van der Waals surface area contributed by atoms with Crippen LogP contribution in [-0.2, 0) is 9.59 Å². The van der Waals surface area contributed by atoms with Crippen LogP contribution in [0.25, 0.3) is 0 Å². The standard InChI is InChI=1S/C25H38N4O4.ClH/c1-7-22(30)27-11-12-28-20-14-19(17(4)13-21(20)33-25(5,6)24(28)32)23(31)29(16(2)3)18-9-8-10-26-15-18;/h13-14,16,18,26H,7-12,15H2,1-6H3,(H,27,30);1H/t18-;/m1./s1. The highest BCUT2D eigenvalue weighted by atomic mass is 35.5. The molecule has 0 unspecified atom stereocenters. The number of nitrogens with zero attached hydrogens (tertiary/aromatic N) is 2. The number of halogens is 1. The summed E-state index contributed by atoms with van der Waals surface area (Å²) in [5, 5.41) is 6.23. The molecule has 0 bridgehead atoms. The lowest BCUT2D eigenvalue weighted by Gasteiger charge is -2.40. The first-order chi connectivity index (χ1) is 15.6. The van der Waals surface area contributed by atoms with E-state index in [1.54, 1.807) is 31.7 Å². The van der Waals surface area contributed by atoms with Crippen molar-refractivity contribution in [3.05, 3.63) is 23.3 Å². The summed E-state index contributed by atoms with van der Waals surface area (Å²) in [5.74, 6) is 0.283. The Balaban J connectivity index is 0.00000408. The van der Waals surface area contributed by atoms with Gasteiger partial charge in [-0.05, 0) is 71.7 Å². The minimum Gasteiger partial charge on any atom is -0.476 e. The fourth-order valence-electron chi connectivity index (χ4n) is 4.63. The first-order valence-electron chi connectivity index (χ1n) is 12.0. The third-order valence-electron chi connectivity index (χ3n) is 6.39. The van der Waals surface area contributed by atoms with Crippen molar-refractivity contribution in [2.75, 3.05) is 31.1 Å². The predicted octanol–water partition coefficient (Wildman–Crippen LogP) is 3.05. The molecule has 1 atom stereocenters. The molecule has 0 aromatic heterocycles. The molecule has 2 heterocycles. The highest BCUT2D eigenvalue weighted by molar-refractivity contribution is 6.05. The van der Waals surface area contributed by atoms with Gasteiger partial charge >= 0.3 is 0 Å². The smallest absolute Gasteiger partial charge is 0.270 e. The van der Waals surface area contributed by atoms with Gasteiger partial charge in [0.05, 0.1) is 5.69 Å². The van der Waals surface area contributed by atoms with Crippen molar-refractivity contribution in [3.63, 3.8) is 0 Å². The Morgan fingerprint density at radius 2 is 2.03 bits per heavy atom. The number of rotatable bonds is 7. The van der Waals surface area contributed by atoms with Crippen LogP contribution in [-0.4, -0.2) is 66.5 Å². The van der Waals surface area contributed by atoms with E-state index in [1.165, 1.54) is 0 Å². The van der Waals surface area contributed by atoms with Crippen LogP contribution in [0.2, 0.25) is 0 Å². The molecule has 2 aliphatic rings. The molecule has 8 nitrogen and oxygen atoms in total. The lowest BCUT2D eigenvalue weighted by atomic mass is 9.97. The first-order valence-corrected chi connectivity index (χ1v) is 12.0. The molecule has 1 fully saturated rings. The van der Waals surface area contributed by atoms with Crippen LogP contribution in [0, 0.1) is 6.92 Å². The highest BCUT2D eigenvalue weighted by Gasteiger charge is 2.41. The number of anilines is 1. The van der Waals surface area contributed by atoms with Gasteiger partial charge in [-0.1, -0.05) is 6.92 Å². The number of amides is 3. The van der Waals surface area contributed by atoms with Crippen molar-refractivity contribution in [2.24, 2.45) is 0 Å². The molecule has 1 aromatic carbocycles. The fraction of sp³-hybridized carbons (Fsp3) is 0.640. The molecule has 3 rings (SSSR count). The number of hydrogen-bond acceptors (Lipinski definition) is 5. The fourth-order valence-corrected chi connectivity index (χ4v) is 4.63. The van der Waals surface area contributed by atoms with Crippen molar-refractivity contribution in [2.45, 2.75) is 78.5 Å². The van der Waals surface area contributed by atoms with Crippen molar-refractivity contribution >= 4 is 35.8 Å². The molecular formula is C25H39ClN4O4. The average Bonchev–Trinajstić information content (AvgIpc) is 2.76. The second kappa shape index (κ2) is 11.4. The van der Waals surface area contributed by atoms with Gasteiger partial charge < -0.3 is 25.2 Å². The minimum atomic E-state index is -1.03. The van der Waals surface area contributed by atoms with E-state index in [0.717, 1.165) is 31.5 Å². The van der Waals surface area contributed by atoms with Gasteiger partial charge in [-0.15, -0.1) is 12.4 Å². The van der Waals surface area contributed by atoms with Crippen LogP contribution >= 0.6 is 12.4 Å². The second-order valence-corrected chi connectivity index (χ2v) is 9.71. The minimum absolute atomic E-state index is 0. The number of aryl methyl sites for hydroxylation is 1. The van der Waals surface area contributed by atoms with Gasteiger partial charge in [-0.2, -0.15) is 0 Å². The molecular weight excluding hydrogens is 456 g/mol. The van der Waals surface area contributed by atoms with Crippen LogP contribution < -0.4 is 20.3 Å². The number of piperidine rings is 1. The zero-order valence-electron chi connectivity index (χ0n) is 21.2. The Bertz CT molecular complexity index is 912. The largest absolute Gasteiger partial charge is 0.476 e. The molecule has 0 spiro atoms. The third kappa shape index (κ3) is 5.84. The quantitative estimate of drug-likeness (QED) is 0.608. The highest BCUT2D eigenvalue weighted by Crippen LogP contribution is 2.40. The molecule has 190 valence electrons. The number of carbonyl (C=O) groups is 3. The topological polar surface area (TPSA) is 91.0 Å². The summed E-state index contributed by atoms with van der Waals surface area (Å²) in [6, 6.07) is 3.83. The van der Waals surface area contributed by atoms with Crippen molar-refractivity contribution in [1.82, 2.24) is 15.5 Å². The summed E-state index contributed by atoms with van der Waals surface area (Å²) in [4.78, 5) is 42.2. The number of carbonyl (C=O) groups excluding carboxylic acids is 3. The molecule has 0 radical (unpaired) electrons. The van der Waals surface area contributed by atoms with E-state index in [0.29, 0.717) is 36.5 Å². The van der Waals surface area contributed by atoms with E-state index < -0.39 is 5.60 Å². The van der Waals surface area contributed by atoms with Crippen LogP contribution in [0.1, 0.15) is 69.8 Å². The van der Waals surface area contributed by atoms with Crippen molar-refractivity contribution in [3.8, 4) is 5.75 Å². The van der Waals surface area contributed by atoms with Crippen LogP contribution in [0.3, 0.4) is 0 Å². The summed E-state index contributed by atoms with van der Waals surface area (Å²) in [6.45, 7) is 13.6. The SMILES string of the molecule is CCC(=O)NCCN1C(=O)C(C)(C)Oc2cc(C)c(C(=O)N(C(C)C)[C@@H]3CCCNC3)cc21.Cl. The van der Waals surface area contributed by atoms with Crippen LogP contribution in [0.4, 0.5) is 5.69 Å². The number of ether oxygens (including phenoxy) is 1. The molecule has 9 heteroatoms. The maximum atomic E-state index is 13.7. The summed E-state index contributed by atoms with van der Waals surface area (Å²) < 4.78 is 6.04. The lowest BCUT2D eigenvalue weighted by molar-refractivity contribution is -0.132. The maximum absolute atomic E-state index is 13.7. The second-order valence-electron chi connectivity index (χ2n) is 9.71. The van der Waals surface area contributed by atoms with E-state index in [1.807, 2.05) is 31.7 Å². The Morgan fingerprint density at radius 1 is 1.32 bits per heavy atom. The van der Waals surface area contributed by atoms with E-state index >= 15 is 0 Å². The summed E-state index contributed by atoms with van der Waals surface area (Å²) >= 11 is 0. The van der Waals surface area contributed by atoms with E-state index in [2.05, 4.69) is 10.6 Å². The number of benzene rings is 1. The van der Waals surface area contributed by atoms with Gasteiger partial charge in [0.1, 0.15) is 5.75 Å². The van der Waals surface area contributed by atoms with Gasteiger partial charge in [0, 0.05) is 43.7 Å². The van der Waals surface area contributed by atoms with E-state index in [4.69, 9.17) is 4.74 Å². The molecule has 1 aromatic rings. The molecule has 1 saturated heterocycles. The van der Waals surface area contributed by atoms with Crippen LogP contribution in [0.5, 0.6) is 5.75 Å². The van der Waals surface area contributed by atoms with Gasteiger partial charge in [0.2, 0.25) is 5.91 Å². The molecule has 0 saturated carbocycles. The summed E-state index contributed by atoms with van der Waals surface area (Å²) in [7, 11) is 0. The zero-order chi connectivity index (χ0) is 24.3. The van der Waals surface area contributed by atoms with Gasteiger partial charge in [-0.25, -0.2) is 0 Å². The Hall–Kier alpha value is -2.32. The van der Waals surface area contributed by atoms with E-state index in [9.17, 15) is 14.4 Å². The Morgan fingerprint density at radius 3 is 2.62 bits per heavy atom. The summed E-state index contributed by atoms with van der Waals surface area (Å²) in [6.07, 6.45) is 2.40. The zero-order valence-corrected chi connectivity index (χ0v) is 22.0. The van der Waals surface area contributed by atoms with Gasteiger partial charge in [0.15, 0.2) is 5.60 Å². The average molecular weight is 495 g/mol. The van der Waals surface area contributed by atoms with Crippen molar-refractivity contribution in [1.29, 1.82) is 0 Å². The summed E-state index contributed by atoms with van der Waals surface area (Å²) in [5.41, 5.74) is 0.936. The normalized spacial score (nSPS) is 19.1. The maximum Gasteiger partial charge on any atom is 0.270 e. The number of nitrogens with one attached hydrogen (secondary N) is 2. The molecule has 3 amide bonds. The van der Waals surface area contributed by atoms with Crippen LogP contribution in [0.15, 0.2) is 12.1 Å². The van der Waals surface area contributed by atoms with E-state index in [-0.39, 0.29) is 42.2 Å². The Kier molecular flexibility index (Phi) is 9.37. The van der Waals surface area contributed by atoms with Gasteiger partial charge in [0.25, 0.3) is 11.8 Å². The van der Waals surface area contributed by atoms with Gasteiger partial charge in [-0.3, -0.25) is 14.4 Å². The monoisotopic (exact) mass is 494 g/mol. The molecule has 0 aliphatic carbocycles.